The highest BCUT2D eigenvalue weighted by atomic mass is 35.5. The number of anilines is 1. The Morgan fingerprint density at radius 3 is 2.17 bits per heavy atom. The van der Waals surface area contributed by atoms with Gasteiger partial charge in [-0.15, -0.1) is 0 Å². The third-order valence-electron chi connectivity index (χ3n) is 4.73. The van der Waals surface area contributed by atoms with Gasteiger partial charge in [0.2, 0.25) is 11.8 Å². The molecule has 2 amide bonds. The molecule has 0 unspecified atom stereocenters. The first kappa shape index (κ1) is 21.2. The molecular weight excluding hydrogens is 395 g/mol. The molecule has 154 valence electrons. The molecule has 2 aromatic rings. The summed E-state index contributed by atoms with van der Waals surface area (Å²) in [6.45, 7) is 4.35. The molecular formula is C21H24ClFN4O2. The van der Waals surface area contributed by atoms with Gasteiger partial charge in [-0.3, -0.25) is 19.4 Å². The molecule has 0 aromatic heterocycles. The minimum atomic E-state index is -0.371. The van der Waals surface area contributed by atoms with E-state index in [1.165, 1.54) is 29.8 Å². The highest BCUT2D eigenvalue weighted by Crippen LogP contribution is 2.13. The smallest absolute Gasteiger partial charge is 0.243 e. The molecule has 0 radical (unpaired) electrons. The van der Waals surface area contributed by atoms with Crippen LogP contribution in [-0.2, 0) is 16.1 Å². The van der Waals surface area contributed by atoms with Gasteiger partial charge in [-0.2, -0.15) is 0 Å². The predicted molar refractivity (Wildman–Crippen MR) is 111 cm³/mol. The highest BCUT2D eigenvalue weighted by molar-refractivity contribution is 6.30. The van der Waals surface area contributed by atoms with Gasteiger partial charge in [0.05, 0.1) is 13.1 Å². The van der Waals surface area contributed by atoms with E-state index in [1.807, 2.05) is 24.3 Å². The van der Waals surface area contributed by atoms with E-state index in [4.69, 9.17) is 11.6 Å². The van der Waals surface area contributed by atoms with Gasteiger partial charge >= 0.3 is 0 Å². The number of piperazine rings is 1. The molecule has 0 bridgehead atoms. The lowest BCUT2D eigenvalue weighted by Gasteiger charge is -2.34. The Bertz CT molecular complexity index is 822. The summed E-state index contributed by atoms with van der Waals surface area (Å²) >= 11 is 5.92. The number of hydrogen-bond acceptors (Lipinski definition) is 4. The van der Waals surface area contributed by atoms with E-state index >= 15 is 0 Å². The number of nitrogens with zero attached hydrogens (tertiary/aromatic N) is 2. The van der Waals surface area contributed by atoms with Gasteiger partial charge in [-0.25, -0.2) is 4.39 Å². The number of benzene rings is 2. The van der Waals surface area contributed by atoms with Crippen molar-refractivity contribution in [3.05, 3.63) is 64.9 Å². The normalized spacial score (nSPS) is 15.1. The molecule has 3 rings (SSSR count). The van der Waals surface area contributed by atoms with Gasteiger partial charge in [-0.1, -0.05) is 23.7 Å². The van der Waals surface area contributed by atoms with Crippen molar-refractivity contribution in [1.82, 2.24) is 15.1 Å². The van der Waals surface area contributed by atoms with Gasteiger partial charge in [0.1, 0.15) is 5.82 Å². The molecule has 1 aliphatic heterocycles. The fraction of sp³-hybridized carbons (Fsp3) is 0.333. The SMILES string of the molecule is O=C(CN1CCN(Cc2ccc(Cl)cc2)CC1)NCC(=O)Nc1ccc(F)cc1. The zero-order valence-electron chi connectivity index (χ0n) is 16.0. The lowest BCUT2D eigenvalue weighted by molar-refractivity contribution is -0.125. The predicted octanol–water partition coefficient (Wildman–Crippen LogP) is 2.35. The molecule has 2 N–H and O–H groups in total. The van der Waals surface area contributed by atoms with E-state index in [0.717, 1.165) is 37.7 Å². The highest BCUT2D eigenvalue weighted by Gasteiger charge is 2.19. The van der Waals surface area contributed by atoms with Gasteiger partial charge in [0, 0.05) is 43.4 Å². The maximum Gasteiger partial charge on any atom is 0.243 e. The van der Waals surface area contributed by atoms with Crippen molar-refractivity contribution in [3.63, 3.8) is 0 Å². The quantitative estimate of drug-likeness (QED) is 0.724. The maximum atomic E-state index is 12.9. The topological polar surface area (TPSA) is 64.7 Å². The summed E-state index contributed by atoms with van der Waals surface area (Å²) < 4.78 is 12.9. The summed E-state index contributed by atoms with van der Waals surface area (Å²) in [6, 6.07) is 13.3. The summed E-state index contributed by atoms with van der Waals surface area (Å²) in [4.78, 5) is 28.4. The standard InChI is InChI=1S/C21H24ClFN4O2/c22-17-3-1-16(2-4-17)14-26-9-11-27(12-10-26)15-21(29)24-13-20(28)25-19-7-5-18(23)6-8-19/h1-8H,9-15H2,(H,24,29)(H,25,28). The van der Waals surface area contributed by atoms with E-state index in [2.05, 4.69) is 20.4 Å². The number of halogens is 2. The fourth-order valence-corrected chi connectivity index (χ4v) is 3.26. The van der Waals surface area contributed by atoms with Gasteiger partial charge in [0.15, 0.2) is 0 Å². The van der Waals surface area contributed by atoms with Crippen LogP contribution in [0.2, 0.25) is 5.02 Å². The van der Waals surface area contributed by atoms with Crippen LogP contribution in [0.15, 0.2) is 48.5 Å². The summed E-state index contributed by atoms with van der Waals surface area (Å²) in [5.41, 5.74) is 1.70. The Kier molecular flexibility index (Phi) is 7.57. The summed E-state index contributed by atoms with van der Waals surface area (Å²) in [6.07, 6.45) is 0. The van der Waals surface area contributed by atoms with Crippen LogP contribution in [0.1, 0.15) is 5.56 Å². The minimum absolute atomic E-state index is 0.118. The largest absolute Gasteiger partial charge is 0.346 e. The third kappa shape index (κ3) is 7.12. The third-order valence-corrected chi connectivity index (χ3v) is 4.98. The Hall–Kier alpha value is -2.48. The van der Waals surface area contributed by atoms with Crippen LogP contribution in [0.25, 0.3) is 0 Å². The Morgan fingerprint density at radius 1 is 0.897 bits per heavy atom. The van der Waals surface area contributed by atoms with Gasteiger partial charge in [0.25, 0.3) is 0 Å². The van der Waals surface area contributed by atoms with Crippen molar-refractivity contribution in [1.29, 1.82) is 0 Å². The molecule has 1 saturated heterocycles. The summed E-state index contributed by atoms with van der Waals surface area (Å²) in [7, 11) is 0. The van der Waals surface area contributed by atoms with E-state index in [-0.39, 0.29) is 30.7 Å². The first-order valence-corrected chi connectivity index (χ1v) is 9.87. The van der Waals surface area contributed by atoms with Crippen LogP contribution in [-0.4, -0.2) is 60.9 Å². The second kappa shape index (κ2) is 10.3. The first-order valence-electron chi connectivity index (χ1n) is 9.49. The van der Waals surface area contributed by atoms with Crippen molar-refractivity contribution in [2.45, 2.75) is 6.54 Å². The average molecular weight is 419 g/mol. The van der Waals surface area contributed by atoms with E-state index in [0.29, 0.717) is 5.69 Å². The summed E-state index contributed by atoms with van der Waals surface area (Å²) in [5.74, 6) is -0.910. The van der Waals surface area contributed by atoms with Crippen molar-refractivity contribution in [2.75, 3.05) is 44.6 Å². The van der Waals surface area contributed by atoms with Crippen molar-refractivity contribution in [3.8, 4) is 0 Å². The monoisotopic (exact) mass is 418 g/mol. The first-order chi connectivity index (χ1) is 14.0. The molecule has 29 heavy (non-hydrogen) atoms. The van der Waals surface area contributed by atoms with E-state index in [9.17, 15) is 14.0 Å². The molecule has 0 saturated carbocycles. The zero-order valence-corrected chi connectivity index (χ0v) is 16.8. The minimum Gasteiger partial charge on any atom is -0.346 e. The number of amides is 2. The van der Waals surface area contributed by atoms with Gasteiger partial charge < -0.3 is 10.6 Å². The van der Waals surface area contributed by atoms with Crippen molar-refractivity contribution < 1.29 is 14.0 Å². The average Bonchev–Trinajstić information content (AvgIpc) is 2.71. The van der Waals surface area contributed by atoms with Crippen LogP contribution in [0.3, 0.4) is 0 Å². The van der Waals surface area contributed by atoms with Crippen LogP contribution < -0.4 is 10.6 Å². The molecule has 0 spiro atoms. The van der Waals surface area contributed by atoms with Gasteiger partial charge in [-0.05, 0) is 42.0 Å². The van der Waals surface area contributed by atoms with E-state index in [1.54, 1.807) is 0 Å². The number of carbonyl (C=O) groups is 2. The lowest BCUT2D eigenvalue weighted by Crippen LogP contribution is -2.49. The summed E-state index contributed by atoms with van der Waals surface area (Å²) in [5, 5.41) is 5.97. The fourth-order valence-electron chi connectivity index (χ4n) is 3.13. The molecule has 8 heteroatoms. The lowest BCUT2D eigenvalue weighted by atomic mass is 10.2. The van der Waals surface area contributed by atoms with Crippen LogP contribution >= 0.6 is 11.6 Å². The van der Waals surface area contributed by atoms with E-state index < -0.39 is 0 Å². The van der Waals surface area contributed by atoms with Crippen LogP contribution in [0, 0.1) is 5.82 Å². The Morgan fingerprint density at radius 2 is 1.52 bits per heavy atom. The van der Waals surface area contributed by atoms with Crippen molar-refractivity contribution in [2.24, 2.45) is 0 Å². The number of rotatable bonds is 7. The molecule has 1 fully saturated rings. The number of nitrogens with one attached hydrogen (secondary N) is 2. The Balaban J connectivity index is 1.33. The van der Waals surface area contributed by atoms with Crippen LogP contribution in [0.5, 0.6) is 0 Å². The molecule has 0 aliphatic carbocycles. The Labute approximate surface area is 174 Å². The van der Waals surface area contributed by atoms with Crippen molar-refractivity contribution >= 4 is 29.1 Å². The van der Waals surface area contributed by atoms with Crippen LogP contribution in [0.4, 0.5) is 10.1 Å². The molecule has 6 nitrogen and oxygen atoms in total. The molecule has 0 atom stereocenters. The molecule has 1 aliphatic rings. The molecule has 1 heterocycles. The second-order valence-electron chi connectivity index (χ2n) is 7.01. The number of hydrogen-bond donors (Lipinski definition) is 2. The zero-order chi connectivity index (χ0) is 20.6. The molecule has 2 aromatic carbocycles. The maximum absolute atomic E-state index is 12.9. The number of carbonyl (C=O) groups excluding carboxylic acids is 2. The second-order valence-corrected chi connectivity index (χ2v) is 7.45.